The summed E-state index contributed by atoms with van der Waals surface area (Å²) in [5.74, 6) is 0. The van der Waals surface area contributed by atoms with Gasteiger partial charge in [0.1, 0.15) is 0 Å². The van der Waals surface area contributed by atoms with E-state index in [0.717, 1.165) is 24.0 Å². The molecule has 0 amide bonds. The predicted molar refractivity (Wildman–Crippen MR) is 75.3 cm³/mol. The summed E-state index contributed by atoms with van der Waals surface area (Å²) >= 11 is 0. The molecule has 0 N–H and O–H groups in total. The fourth-order valence-electron chi connectivity index (χ4n) is 2.80. The van der Waals surface area contributed by atoms with Crippen LogP contribution in [0.1, 0.15) is 20.8 Å². The first-order valence-electron chi connectivity index (χ1n) is 6.39. The van der Waals surface area contributed by atoms with Gasteiger partial charge in [0, 0.05) is 30.1 Å². The highest BCUT2D eigenvalue weighted by Crippen LogP contribution is 2.33. The van der Waals surface area contributed by atoms with Crippen LogP contribution in [0.25, 0.3) is 10.9 Å². The van der Waals surface area contributed by atoms with Gasteiger partial charge in [0.25, 0.3) is 5.56 Å². The Morgan fingerprint density at radius 1 is 1.06 bits per heavy atom. The highest BCUT2D eigenvalue weighted by atomic mass is 16.1. The largest absolute Gasteiger partial charge is 0.363 e. The number of para-hydroxylation sites is 1. The van der Waals surface area contributed by atoms with Crippen molar-refractivity contribution in [1.29, 1.82) is 0 Å². The van der Waals surface area contributed by atoms with Crippen LogP contribution in [0.2, 0.25) is 0 Å². The first kappa shape index (κ1) is 11.3. The molecule has 1 aliphatic rings. The van der Waals surface area contributed by atoms with E-state index >= 15 is 0 Å². The van der Waals surface area contributed by atoms with Crippen molar-refractivity contribution in [2.75, 3.05) is 11.4 Å². The minimum Gasteiger partial charge on any atom is -0.363 e. The van der Waals surface area contributed by atoms with Crippen LogP contribution in [0.3, 0.4) is 0 Å². The summed E-state index contributed by atoms with van der Waals surface area (Å²) in [6.07, 6.45) is 0. The molecule has 3 rings (SSSR count). The topological polar surface area (TPSA) is 25.2 Å². The molecule has 94 valence electrons. The molecule has 0 radical (unpaired) electrons. The molecule has 0 fully saturated rings. The fraction of sp³-hybridized carbons (Fsp3) is 0.400. The van der Waals surface area contributed by atoms with Gasteiger partial charge >= 0.3 is 0 Å². The molecule has 0 spiro atoms. The molecule has 0 unspecified atom stereocenters. The monoisotopic (exact) mass is 242 g/mol. The van der Waals surface area contributed by atoms with Gasteiger partial charge < -0.3 is 9.47 Å². The van der Waals surface area contributed by atoms with Gasteiger partial charge in [-0.2, -0.15) is 0 Å². The van der Waals surface area contributed by atoms with E-state index in [2.05, 4.69) is 43.9 Å². The molecule has 0 atom stereocenters. The lowest BCUT2D eigenvalue weighted by molar-refractivity contribution is 0.474. The van der Waals surface area contributed by atoms with Gasteiger partial charge in [-0.05, 0) is 32.9 Å². The number of rotatable bonds is 0. The van der Waals surface area contributed by atoms with Crippen molar-refractivity contribution in [3.8, 4) is 0 Å². The van der Waals surface area contributed by atoms with Crippen molar-refractivity contribution in [1.82, 2.24) is 4.57 Å². The SMILES string of the molecule is CC(C)(C)N1CCn2c(=O)ccc3cccc1c32. The van der Waals surface area contributed by atoms with Crippen molar-refractivity contribution in [3.63, 3.8) is 0 Å². The lowest BCUT2D eigenvalue weighted by atomic mass is 10.0. The van der Waals surface area contributed by atoms with Crippen LogP contribution >= 0.6 is 0 Å². The first-order valence-corrected chi connectivity index (χ1v) is 6.39. The Morgan fingerprint density at radius 2 is 1.83 bits per heavy atom. The summed E-state index contributed by atoms with van der Waals surface area (Å²) in [5.41, 5.74) is 2.42. The van der Waals surface area contributed by atoms with Crippen molar-refractivity contribution in [2.45, 2.75) is 32.9 Å². The Hall–Kier alpha value is -1.77. The van der Waals surface area contributed by atoms with Gasteiger partial charge in [-0.1, -0.05) is 12.1 Å². The van der Waals surface area contributed by atoms with Gasteiger partial charge in [-0.3, -0.25) is 4.79 Å². The molecule has 0 aliphatic carbocycles. The minimum atomic E-state index is 0.0748. The lowest BCUT2D eigenvalue weighted by Crippen LogP contribution is -2.47. The molecule has 0 bridgehead atoms. The van der Waals surface area contributed by atoms with Crippen molar-refractivity contribution < 1.29 is 0 Å². The van der Waals surface area contributed by atoms with E-state index < -0.39 is 0 Å². The van der Waals surface area contributed by atoms with Crippen LogP contribution in [0, 0.1) is 0 Å². The number of anilines is 1. The molecule has 1 aromatic carbocycles. The standard InChI is InChI=1S/C15H18N2O/c1-15(2,3)17-10-9-16-13(18)8-7-11-5-4-6-12(17)14(11)16/h4-8H,9-10H2,1-3H3. The third-order valence-corrected chi connectivity index (χ3v) is 3.64. The van der Waals surface area contributed by atoms with Crippen molar-refractivity contribution in [3.05, 3.63) is 40.7 Å². The zero-order valence-corrected chi connectivity index (χ0v) is 11.1. The third-order valence-electron chi connectivity index (χ3n) is 3.64. The number of hydrogen-bond donors (Lipinski definition) is 0. The molecular formula is C15H18N2O. The number of benzene rings is 1. The fourth-order valence-corrected chi connectivity index (χ4v) is 2.80. The van der Waals surface area contributed by atoms with Gasteiger partial charge in [0.15, 0.2) is 0 Å². The Balaban J connectivity index is 2.37. The maximum absolute atomic E-state index is 12.0. The maximum Gasteiger partial charge on any atom is 0.251 e. The Bertz CT molecular complexity index is 664. The van der Waals surface area contributed by atoms with E-state index in [1.54, 1.807) is 6.07 Å². The Kier molecular flexibility index (Phi) is 2.27. The van der Waals surface area contributed by atoms with Crippen LogP contribution in [0.4, 0.5) is 5.69 Å². The highest BCUT2D eigenvalue weighted by Gasteiger charge is 2.27. The summed E-state index contributed by atoms with van der Waals surface area (Å²) in [7, 11) is 0. The van der Waals surface area contributed by atoms with Crippen LogP contribution in [-0.4, -0.2) is 16.7 Å². The number of aromatic nitrogens is 1. The second kappa shape index (κ2) is 3.61. The van der Waals surface area contributed by atoms with Crippen molar-refractivity contribution in [2.24, 2.45) is 0 Å². The summed E-state index contributed by atoms with van der Waals surface area (Å²) < 4.78 is 1.90. The number of nitrogens with zero attached hydrogens (tertiary/aromatic N) is 2. The molecule has 3 heteroatoms. The molecule has 0 saturated carbocycles. The lowest BCUT2D eigenvalue weighted by Gasteiger charge is -2.41. The summed E-state index contributed by atoms with van der Waals surface area (Å²) in [5, 5.41) is 1.14. The molecule has 0 saturated heterocycles. The quantitative estimate of drug-likeness (QED) is 0.709. The normalized spacial score (nSPS) is 15.2. The third kappa shape index (κ3) is 1.54. The molecule has 1 aromatic heterocycles. The van der Waals surface area contributed by atoms with Crippen LogP contribution in [-0.2, 0) is 6.54 Å². The highest BCUT2D eigenvalue weighted by molar-refractivity contribution is 5.92. The molecule has 1 aliphatic heterocycles. The van der Waals surface area contributed by atoms with E-state index in [1.807, 2.05) is 10.6 Å². The predicted octanol–water partition coefficient (Wildman–Crippen LogP) is 2.62. The number of pyridine rings is 1. The van der Waals surface area contributed by atoms with Crippen molar-refractivity contribution >= 4 is 16.6 Å². The minimum absolute atomic E-state index is 0.0748. The van der Waals surface area contributed by atoms with Gasteiger partial charge in [-0.25, -0.2) is 0 Å². The van der Waals surface area contributed by atoms with Crippen LogP contribution in [0.5, 0.6) is 0 Å². The first-order chi connectivity index (χ1) is 8.48. The molecule has 2 aromatic rings. The molecule has 18 heavy (non-hydrogen) atoms. The van der Waals surface area contributed by atoms with Gasteiger partial charge in [0.05, 0.1) is 11.2 Å². The summed E-state index contributed by atoms with van der Waals surface area (Å²) in [6, 6.07) is 9.84. The maximum atomic E-state index is 12.0. The van der Waals surface area contributed by atoms with E-state index in [4.69, 9.17) is 0 Å². The molecule has 3 nitrogen and oxygen atoms in total. The summed E-state index contributed by atoms with van der Waals surface area (Å²) in [4.78, 5) is 14.3. The average molecular weight is 242 g/mol. The van der Waals surface area contributed by atoms with Crippen LogP contribution in [0.15, 0.2) is 35.1 Å². The van der Waals surface area contributed by atoms with Crippen LogP contribution < -0.4 is 10.5 Å². The van der Waals surface area contributed by atoms with E-state index in [9.17, 15) is 4.79 Å². The molecular weight excluding hydrogens is 224 g/mol. The van der Waals surface area contributed by atoms with E-state index in [-0.39, 0.29) is 11.1 Å². The second-order valence-electron chi connectivity index (χ2n) is 5.86. The zero-order valence-electron chi connectivity index (χ0n) is 11.1. The second-order valence-corrected chi connectivity index (χ2v) is 5.86. The number of hydrogen-bond acceptors (Lipinski definition) is 2. The smallest absolute Gasteiger partial charge is 0.251 e. The summed E-state index contributed by atoms with van der Waals surface area (Å²) in [6.45, 7) is 8.29. The Morgan fingerprint density at radius 3 is 2.56 bits per heavy atom. The van der Waals surface area contributed by atoms with Gasteiger partial charge in [0.2, 0.25) is 0 Å². The van der Waals surface area contributed by atoms with E-state index in [1.165, 1.54) is 5.69 Å². The average Bonchev–Trinajstić information content (AvgIpc) is 2.32. The zero-order chi connectivity index (χ0) is 12.9. The van der Waals surface area contributed by atoms with Gasteiger partial charge in [-0.15, -0.1) is 0 Å². The molecule has 2 heterocycles. The Labute approximate surface area is 107 Å². The van der Waals surface area contributed by atoms with E-state index in [0.29, 0.717) is 0 Å².